The van der Waals surface area contributed by atoms with E-state index in [1.807, 2.05) is 67.6 Å². The van der Waals surface area contributed by atoms with E-state index >= 15 is 0 Å². The van der Waals surface area contributed by atoms with E-state index in [1.165, 1.54) is 0 Å². The van der Waals surface area contributed by atoms with Crippen molar-refractivity contribution in [3.05, 3.63) is 89.2 Å². The van der Waals surface area contributed by atoms with Crippen molar-refractivity contribution >= 4 is 11.6 Å². The topological polar surface area (TPSA) is 63.2 Å². The van der Waals surface area contributed by atoms with Crippen LogP contribution in [-0.4, -0.2) is 10.9 Å². The highest BCUT2D eigenvalue weighted by Gasteiger charge is 2.27. The molecule has 1 aliphatic heterocycles. The number of ether oxygens (including phenoxy) is 1. The molecule has 4 rings (SSSR count). The van der Waals surface area contributed by atoms with Crippen molar-refractivity contribution in [1.29, 1.82) is 0 Å². The second-order valence-corrected chi connectivity index (χ2v) is 6.20. The van der Waals surface area contributed by atoms with Crippen molar-refractivity contribution < 1.29 is 9.53 Å². The number of hydrogen-bond donors (Lipinski definition) is 2. The first-order valence-electron chi connectivity index (χ1n) is 8.51. The number of para-hydroxylation sites is 2. The van der Waals surface area contributed by atoms with Crippen molar-refractivity contribution in [3.63, 3.8) is 0 Å². The Kier molecular flexibility index (Phi) is 4.27. The van der Waals surface area contributed by atoms with Gasteiger partial charge in [-0.3, -0.25) is 9.78 Å². The van der Waals surface area contributed by atoms with Crippen molar-refractivity contribution in [2.75, 3.05) is 5.32 Å². The minimum Gasteiger partial charge on any atom is -0.487 e. The molecule has 0 bridgehead atoms. The summed E-state index contributed by atoms with van der Waals surface area (Å²) in [5.41, 5.74) is 4.29. The van der Waals surface area contributed by atoms with E-state index in [9.17, 15) is 4.79 Å². The molecule has 1 aromatic heterocycles. The molecule has 0 saturated heterocycles. The van der Waals surface area contributed by atoms with Gasteiger partial charge in [0.15, 0.2) is 0 Å². The molecule has 1 aliphatic rings. The lowest BCUT2D eigenvalue weighted by molar-refractivity contribution is 0.0935. The van der Waals surface area contributed by atoms with Gasteiger partial charge in [-0.15, -0.1) is 0 Å². The van der Waals surface area contributed by atoms with Gasteiger partial charge < -0.3 is 15.4 Å². The fourth-order valence-electron chi connectivity index (χ4n) is 3.08. The maximum Gasteiger partial charge on any atom is 0.255 e. The van der Waals surface area contributed by atoms with Crippen LogP contribution in [0, 0.1) is 6.92 Å². The average Bonchev–Trinajstić information content (AvgIpc) is 2.68. The molecule has 130 valence electrons. The van der Waals surface area contributed by atoms with Gasteiger partial charge in [0, 0.05) is 11.8 Å². The Labute approximate surface area is 152 Å². The lowest BCUT2D eigenvalue weighted by atomic mass is 10.0. The Balaban J connectivity index is 1.61. The molecule has 5 heteroatoms. The zero-order valence-electron chi connectivity index (χ0n) is 14.4. The molecule has 3 aromatic rings. The van der Waals surface area contributed by atoms with Gasteiger partial charge in [0.25, 0.3) is 5.91 Å². The van der Waals surface area contributed by atoms with Crippen LogP contribution in [-0.2, 0) is 6.61 Å². The summed E-state index contributed by atoms with van der Waals surface area (Å²) in [5.74, 6) is 0.625. The normalized spacial score (nSPS) is 15.6. The van der Waals surface area contributed by atoms with Gasteiger partial charge in [-0.25, -0.2) is 0 Å². The maximum absolute atomic E-state index is 12.5. The van der Waals surface area contributed by atoms with Crippen LogP contribution in [0.15, 0.2) is 66.9 Å². The number of aryl methyl sites for hydroxylation is 1. The molecule has 2 aromatic carbocycles. The SMILES string of the molecule is Cc1cccc2c1N[C@@H](c1ccccc1OCc1ccccn1)NC2=O. The van der Waals surface area contributed by atoms with Crippen molar-refractivity contribution in [2.45, 2.75) is 19.7 Å². The summed E-state index contributed by atoms with van der Waals surface area (Å²) in [4.78, 5) is 16.8. The number of pyridine rings is 1. The number of fused-ring (bicyclic) bond motifs is 1. The molecule has 0 radical (unpaired) electrons. The monoisotopic (exact) mass is 345 g/mol. The number of nitrogens with zero attached hydrogens (tertiary/aromatic N) is 1. The van der Waals surface area contributed by atoms with Gasteiger partial charge in [-0.1, -0.05) is 36.4 Å². The lowest BCUT2D eigenvalue weighted by Gasteiger charge is -2.30. The van der Waals surface area contributed by atoms with Gasteiger partial charge in [-0.05, 0) is 36.8 Å². The number of hydrogen-bond acceptors (Lipinski definition) is 4. The molecule has 0 saturated carbocycles. The molecule has 1 amide bonds. The Morgan fingerprint density at radius 1 is 1.00 bits per heavy atom. The highest BCUT2D eigenvalue weighted by atomic mass is 16.5. The summed E-state index contributed by atoms with van der Waals surface area (Å²) in [7, 11) is 0. The zero-order chi connectivity index (χ0) is 17.9. The third-order valence-corrected chi connectivity index (χ3v) is 4.41. The second kappa shape index (κ2) is 6.88. The first-order chi connectivity index (χ1) is 12.7. The smallest absolute Gasteiger partial charge is 0.255 e. The third kappa shape index (κ3) is 3.11. The van der Waals surface area contributed by atoms with E-state index in [-0.39, 0.29) is 12.1 Å². The molecule has 5 nitrogen and oxygen atoms in total. The molecule has 2 heterocycles. The van der Waals surface area contributed by atoms with Crippen LogP contribution in [0.1, 0.15) is 33.3 Å². The third-order valence-electron chi connectivity index (χ3n) is 4.41. The summed E-state index contributed by atoms with van der Waals surface area (Å²) in [5, 5.41) is 6.43. The largest absolute Gasteiger partial charge is 0.487 e. The second-order valence-electron chi connectivity index (χ2n) is 6.20. The first kappa shape index (κ1) is 16.1. The summed E-state index contributed by atoms with van der Waals surface area (Å²) < 4.78 is 5.98. The quantitative estimate of drug-likeness (QED) is 0.754. The summed E-state index contributed by atoms with van der Waals surface area (Å²) in [6.07, 6.45) is 1.39. The van der Waals surface area contributed by atoms with Crippen molar-refractivity contribution in [1.82, 2.24) is 10.3 Å². The number of carbonyl (C=O) groups is 1. The van der Waals surface area contributed by atoms with E-state index in [0.29, 0.717) is 17.9 Å². The maximum atomic E-state index is 12.5. The van der Waals surface area contributed by atoms with Crippen molar-refractivity contribution in [3.8, 4) is 5.75 Å². The van der Waals surface area contributed by atoms with Gasteiger partial charge in [0.1, 0.15) is 18.5 Å². The lowest BCUT2D eigenvalue weighted by Crippen LogP contribution is -2.39. The van der Waals surface area contributed by atoms with Crippen LogP contribution in [0.2, 0.25) is 0 Å². The number of amides is 1. The van der Waals surface area contributed by atoms with Crippen LogP contribution < -0.4 is 15.4 Å². The van der Waals surface area contributed by atoms with Gasteiger partial charge in [0.05, 0.1) is 16.9 Å². The highest BCUT2D eigenvalue weighted by Crippen LogP contribution is 2.33. The summed E-state index contributed by atoms with van der Waals surface area (Å²) >= 11 is 0. The van der Waals surface area contributed by atoms with Crippen LogP contribution in [0.3, 0.4) is 0 Å². The standard InChI is InChI=1S/C21H19N3O2/c1-14-7-6-10-17-19(14)23-20(24-21(17)25)16-9-2-3-11-18(16)26-13-15-8-4-5-12-22-15/h2-12,20,23H,13H2,1H3,(H,24,25)/t20-/m1/s1. The van der Waals surface area contributed by atoms with Crippen LogP contribution in [0.25, 0.3) is 0 Å². The molecular formula is C21H19N3O2. The van der Waals surface area contributed by atoms with Gasteiger partial charge in [-0.2, -0.15) is 0 Å². The number of nitrogens with one attached hydrogen (secondary N) is 2. The molecule has 1 atom stereocenters. The van der Waals surface area contributed by atoms with E-state index in [4.69, 9.17) is 4.74 Å². The van der Waals surface area contributed by atoms with E-state index in [2.05, 4.69) is 15.6 Å². The zero-order valence-corrected chi connectivity index (χ0v) is 14.4. The molecule has 26 heavy (non-hydrogen) atoms. The fourth-order valence-corrected chi connectivity index (χ4v) is 3.08. The fraction of sp³-hybridized carbons (Fsp3) is 0.143. The molecule has 0 aliphatic carbocycles. The Hall–Kier alpha value is -3.34. The predicted molar refractivity (Wildman–Crippen MR) is 100 cm³/mol. The van der Waals surface area contributed by atoms with E-state index < -0.39 is 0 Å². The Morgan fingerprint density at radius 3 is 2.69 bits per heavy atom. The van der Waals surface area contributed by atoms with Crippen LogP contribution >= 0.6 is 0 Å². The first-order valence-corrected chi connectivity index (χ1v) is 8.51. The minimum atomic E-state index is -0.351. The Bertz CT molecular complexity index is 941. The van der Waals surface area contributed by atoms with Crippen LogP contribution in [0.5, 0.6) is 5.75 Å². The number of aromatic nitrogens is 1. The Morgan fingerprint density at radius 2 is 1.85 bits per heavy atom. The summed E-state index contributed by atoms with van der Waals surface area (Å²) in [6, 6.07) is 19.1. The number of benzene rings is 2. The number of rotatable bonds is 4. The molecule has 0 unspecified atom stereocenters. The molecule has 2 N–H and O–H groups in total. The predicted octanol–water partition coefficient (Wildman–Crippen LogP) is 3.82. The number of carbonyl (C=O) groups excluding carboxylic acids is 1. The van der Waals surface area contributed by atoms with E-state index in [1.54, 1.807) is 6.20 Å². The van der Waals surface area contributed by atoms with Gasteiger partial charge in [0.2, 0.25) is 0 Å². The molecule has 0 spiro atoms. The highest BCUT2D eigenvalue weighted by molar-refractivity contribution is 6.02. The van der Waals surface area contributed by atoms with Crippen molar-refractivity contribution in [2.24, 2.45) is 0 Å². The molecular weight excluding hydrogens is 326 g/mol. The van der Waals surface area contributed by atoms with Crippen LogP contribution in [0.4, 0.5) is 5.69 Å². The average molecular weight is 345 g/mol. The minimum absolute atomic E-state index is 0.0908. The number of anilines is 1. The van der Waals surface area contributed by atoms with E-state index in [0.717, 1.165) is 22.5 Å². The van der Waals surface area contributed by atoms with Gasteiger partial charge >= 0.3 is 0 Å². The summed E-state index contributed by atoms with van der Waals surface area (Å²) in [6.45, 7) is 2.36. The molecule has 0 fully saturated rings.